The van der Waals surface area contributed by atoms with Crippen molar-refractivity contribution in [1.29, 1.82) is 0 Å². The average molecular weight is 538 g/mol. The molecule has 3 aromatic carbocycles. The van der Waals surface area contributed by atoms with Crippen LogP contribution >= 0.6 is 0 Å². The fourth-order valence-electron chi connectivity index (χ4n) is 6.44. The number of nitrogens with zero attached hydrogens (tertiary/aromatic N) is 2. The molecule has 1 saturated heterocycles. The Hall–Kier alpha value is -4.26. The number of ether oxygens (including phenoxy) is 2. The largest absolute Gasteiger partial charge is 0.493 e. The van der Waals surface area contributed by atoms with Gasteiger partial charge in [0.1, 0.15) is 0 Å². The zero-order valence-electron chi connectivity index (χ0n) is 23.5. The van der Waals surface area contributed by atoms with Crippen molar-refractivity contribution in [2.75, 3.05) is 33.9 Å². The van der Waals surface area contributed by atoms with Gasteiger partial charge in [-0.25, -0.2) is 0 Å². The molecule has 2 atom stereocenters. The van der Waals surface area contributed by atoms with Crippen molar-refractivity contribution in [1.82, 2.24) is 14.8 Å². The summed E-state index contributed by atoms with van der Waals surface area (Å²) in [6, 6.07) is 22.6. The molecule has 1 aromatic heterocycles. The first-order valence-electron chi connectivity index (χ1n) is 13.9. The van der Waals surface area contributed by atoms with Gasteiger partial charge in [-0.1, -0.05) is 55.5 Å². The van der Waals surface area contributed by atoms with E-state index in [0.29, 0.717) is 31.0 Å². The van der Waals surface area contributed by atoms with Crippen LogP contribution in [-0.2, 0) is 28.0 Å². The Morgan fingerprint density at radius 2 is 1.68 bits per heavy atom. The highest BCUT2D eigenvalue weighted by molar-refractivity contribution is 6.01. The number of H-pyrrole nitrogens is 1. The number of benzene rings is 3. The number of aryl methyl sites for hydroxylation is 1. The SMILES string of the molecule is CCc1ccc([C@H]2CN3C(=O)CN(CCc4ccc(OC)c(OC)c4)C(=O)[C@]3(C)c3[nH]c4ccccc4c32)cc1. The highest BCUT2D eigenvalue weighted by atomic mass is 16.5. The van der Waals surface area contributed by atoms with Crippen LogP contribution in [0, 0.1) is 0 Å². The fraction of sp³-hybridized carbons (Fsp3) is 0.333. The minimum absolute atomic E-state index is 0.0276. The molecule has 0 radical (unpaired) electrons. The van der Waals surface area contributed by atoms with Crippen LogP contribution in [0.2, 0.25) is 0 Å². The van der Waals surface area contributed by atoms with Crippen molar-refractivity contribution in [3.8, 4) is 11.5 Å². The Labute approximate surface area is 234 Å². The third-order valence-corrected chi connectivity index (χ3v) is 8.73. The molecule has 2 aliphatic heterocycles. The molecule has 206 valence electrons. The molecule has 2 amide bonds. The monoisotopic (exact) mass is 537 g/mol. The van der Waals surface area contributed by atoms with Gasteiger partial charge < -0.3 is 24.3 Å². The lowest BCUT2D eigenvalue weighted by molar-refractivity contribution is -0.166. The Morgan fingerprint density at radius 1 is 0.950 bits per heavy atom. The zero-order valence-corrected chi connectivity index (χ0v) is 23.5. The van der Waals surface area contributed by atoms with Crippen LogP contribution < -0.4 is 9.47 Å². The number of carbonyl (C=O) groups is 2. The van der Waals surface area contributed by atoms with Gasteiger partial charge in [-0.05, 0) is 60.2 Å². The minimum atomic E-state index is -1.11. The number of aromatic amines is 1. The lowest BCUT2D eigenvalue weighted by Crippen LogP contribution is -2.67. The molecule has 40 heavy (non-hydrogen) atoms. The molecule has 2 aliphatic rings. The first-order valence-corrected chi connectivity index (χ1v) is 13.9. The number of carbonyl (C=O) groups excluding carboxylic acids is 2. The van der Waals surface area contributed by atoms with Crippen LogP contribution in [0.15, 0.2) is 66.7 Å². The van der Waals surface area contributed by atoms with Crippen molar-refractivity contribution < 1.29 is 19.1 Å². The number of rotatable bonds is 7. The van der Waals surface area contributed by atoms with Gasteiger partial charge in [0, 0.05) is 29.9 Å². The second-order valence-corrected chi connectivity index (χ2v) is 10.8. The van der Waals surface area contributed by atoms with E-state index >= 15 is 0 Å². The summed E-state index contributed by atoms with van der Waals surface area (Å²) < 4.78 is 10.8. The van der Waals surface area contributed by atoms with Crippen LogP contribution in [0.25, 0.3) is 10.9 Å². The van der Waals surface area contributed by atoms with Crippen molar-refractivity contribution in [2.24, 2.45) is 0 Å². The predicted molar refractivity (Wildman–Crippen MR) is 155 cm³/mol. The van der Waals surface area contributed by atoms with Gasteiger partial charge in [0.2, 0.25) is 5.91 Å². The number of hydrogen-bond acceptors (Lipinski definition) is 4. The van der Waals surface area contributed by atoms with E-state index in [1.807, 2.05) is 43.3 Å². The normalized spacial score (nSPS) is 20.4. The molecule has 0 spiro atoms. The number of amides is 2. The molecule has 0 bridgehead atoms. The number of methoxy groups -OCH3 is 2. The van der Waals surface area contributed by atoms with Gasteiger partial charge in [-0.15, -0.1) is 0 Å². The number of hydrogen-bond donors (Lipinski definition) is 1. The summed E-state index contributed by atoms with van der Waals surface area (Å²) in [7, 11) is 3.21. The van der Waals surface area contributed by atoms with Gasteiger partial charge in [0.25, 0.3) is 5.91 Å². The predicted octanol–water partition coefficient (Wildman–Crippen LogP) is 5.02. The van der Waals surface area contributed by atoms with Crippen molar-refractivity contribution in [3.63, 3.8) is 0 Å². The van der Waals surface area contributed by atoms with Gasteiger partial charge in [0.15, 0.2) is 17.0 Å². The number of para-hydroxylation sites is 1. The number of piperazine rings is 1. The quantitative estimate of drug-likeness (QED) is 0.359. The molecule has 0 saturated carbocycles. The van der Waals surface area contributed by atoms with Crippen LogP contribution in [-0.4, -0.2) is 60.5 Å². The molecule has 0 aliphatic carbocycles. The Balaban J connectivity index is 1.38. The second-order valence-electron chi connectivity index (χ2n) is 10.8. The standard InChI is InChI=1S/C33H35N3O4/c1-5-21-10-13-23(14-11-21)25-19-36-29(37)20-35(17-16-22-12-15-27(39-3)28(18-22)40-4)32(38)33(36,2)31-30(25)24-8-6-7-9-26(24)34-31/h6-15,18,25,34H,5,16-17,19-20H2,1-4H3/t25-,33+/m1/s1. The molecule has 3 heterocycles. The molecule has 7 heteroatoms. The van der Waals surface area contributed by atoms with Gasteiger partial charge in [-0.3, -0.25) is 9.59 Å². The molecule has 4 aromatic rings. The molecule has 0 unspecified atom stereocenters. The van der Waals surface area contributed by atoms with Crippen LogP contribution in [0.3, 0.4) is 0 Å². The highest BCUT2D eigenvalue weighted by Gasteiger charge is 2.56. The zero-order chi connectivity index (χ0) is 28.0. The lowest BCUT2D eigenvalue weighted by atomic mass is 9.76. The van der Waals surface area contributed by atoms with Crippen LogP contribution in [0.4, 0.5) is 0 Å². The summed E-state index contributed by atoms with van der Waals surface area (Å²) >= 11 is 0. The highest BCUT2D eigenvalue weighted by Crippen LogP contribution is 2.48. The van der Waals surface area contributed by atoms with E-state index in [2.05, 4.69) is 42.2 Å². The molecular formula is C33H35N3O4. The summed E-state index contributed by atoms with van der Waals surface area (Å²) in [6.07, 6.45) is 1.57. The summed E-state index contributed by atoms with van der Waals surface area (Å²) in [5, 5.41) is 1.10. The second kappa shape index (κ2) is 10.0. The van der Waals surface area contributed by atoms with Crippen LogP contribution in [0.1, 0.15) is 47.7 Å². The van der Waals surface area contributed by atoms with Gasteiger partial charge >= 0.3 is 0 Å². The van der Waals surface area contributed by atoms with E-state index in [-0.39, 0.29) is 24.3 Å². The summed E-state index contributed by atoms with van der Waals surface area (Å²) in [4.78, 5) is 35.2. The number of fused-ring (bicyclic) bond motifs is 5. The molecule has 1 N–H and O–H groups in total. The molecular weight excluding hydrogens is 502 g/mol. The summed E-state index contributed by atoms with van der Waals surface area (Å²) in [5.74, 6) is 1.19. The van der Waals surface area contributed by atoms with E-state index in [1.54, 1.807) is 24.0 Å². The maximum Gasteiger partial charge on any atom is 0.254 e. The maximum atomic E-state index is 14.3. The minimum Gasteiger partial charge on any atom is -0.493 e. The van der Waals surface area contributed by atoms with Gasteiger partial charge in [0.05, 0.1) is 26.5 Å². The summed E-state index contributed by atoms with van der Waals surface area (Å²) in [6.45, 7) is 5.01. The molecule has 1 fully saturated rings. The van der Waals surface area contributed by atoms with Crippen molar-refractivity contribution in [2.45, 2.75) is 38.1 Å². The van der Waals surface area contributed by atoms with Crippen LogP contribution in [0.5, 0.6) is 11.5 Å². The number of aromatic nitrogens is 1. The smallest absolute Gasteiger partial charge is 0.254 e. The fourth-order valence-corrected chi connectivity index (χ4v) is 6.44. The van der Waals surface area contributed by atoms with E-state index < -0.39 is 5.54 Å². The molecule has 7 nitrogen and oxygen atoms in total. The number of nitrogens with one attached hydrogen (secondary N) is 1. The topological polar surface area (TPSA) is 74.9 Å². The van der Waals surface area contributed by atoms with Crippen molar-refractivity contribution in [3.05, 3.63) is 94.7 Å². The maximum absolute atomic E-state index is 14.3. The third kappa shape index (κ3) is 4.03. The average Bonchev–Trinajstić information content (AvgIpc) is 3.39. The van der Waals surface area contributed by atoms with E-state index in [1.165, 1.54) is 5.56 Å². The Bertz CT molecular complexity index is 1590. The van der Waals surface area contributed by atoms with Crippen molar-refractivity contribution >= 4 is 22.7 Å². The Kier molecular flexibility index (Phi) is 6.53. The first kappa shape index (κ1) is 26.0. The van der Waals surface area contributed by atoms with E-state index in [4.69, 9.17) is 9.47 Å². The third-order valence-electron chi connectivity index (χ3n) is 8.73. The first-order chi connectivity index (χ1) is 19.4. The van der Waals surface area contributed by atoms with E-state index in [0.717, 1.165) is 39.7 Å². The van der Waals surface area contributed by atoms with E-state index in [9.17, 15) is 9.59 Å². The summed E-state index contributed by atoms with van der Waals surface area (Å²) in [5.41, 5.74) is 5.24. The Morgan fingerprint density at radius 3 is 2.40 bits per heavy atom. The van der Waals surface area contributed by atoms with Gasteiger partial charge in [-0.2, -0.15) is 0 Å². The molecule has 6 rings (SSSR count). The lowest BCUT2D eigenvalue weighted by Gasteiger charge is -2.51.